The second-order valence-electron chi connectivity index (χ2n) is 12.4. The third-order valence-corrected chi connectivity index (χ3v) is 9.41. The molecule has 11 nitrogen and oxygen atoms in total. The van der Waals surface area contributed by atoms with Crippen LogP contribution in [-0.2, 0) is 22.5 Å². The number of aliphatic hydroxyl groups is 1. The van der Waals surface area contributed by atoms with Crippen LogP contribution in [0.4, 0.5) is 11.4 Å². The molecule has 0 bridgehead atoms. The van der Waals surface area contributed by atoms with E-state index in [9.17, 15) is 20.4 Å². The van der Waals surface area contributed by atoms with Gasteiger partial charge in [0.1, 0.15) is 24.3 Å². The van der Waals surface area contributed by atoms with Gasteiger partial charge in [0.05, 0.1) is 49.7 Å². The number of pyridine rings is 1. The molecule has 2 fully saturated rings. The maximum absolute atomic E-state index is 12.6. The van der Waals surface area contributed by atoms with E-state index >= 15 is 0 Å². The highest BCUT2D eigenvalue weighted by Gasteiger charge is 2.35. The number of hydrogen-bond donors (Lipinski definition) is 1. The number of carbonyl (C=O) groups excluding carboxylic acids is 1. The van der Waals surface area contributed by atoms with Crippen LogP contribution in [-0.4, -0.2) is 104 Å². The van der Waals surface area contributed by atoms with Crippen molar-refractivity contribution >= 4 is 28.1 Å². The maximum atomic E-state index is 12.6. The van der Waals surface area contributed by atoms with Gasteiger partial charge in [-0.05, 0) is 36.4 Å². The Hall–Kier alpha value is -4.68. The van der Waals surface area contributed by atoms with Gasteiger partial charge in [-0.15, -0.1) is 0 Å². The molecule has 3 aromatic rings. The van der Waals surface area contributed by atoms with Gasteiger partial charge in [-0.1, -0.05) is 36.9 Å². The van der Waals surface area contributed by atoms with E-state index in [1.807, 2.05) is 0 Å². The van der Waals surface area contributed by atoms with Gasteiger partial charge in [0, 0.05) is 62.5 Å². The van der Waals surface area contributed by atoms with E-state index in [-0.39, 0.29) is 30.9 Å². The van der Waals surface area contributed by atoms with E-state index in [4.69, 9.17) is 14.5 Å². The van der Waals surface area contributed by atoms with Gasteiger partial charge in [0.15, 0.2) is 0 Å². The van der Waals surface area contributed by atoms with Crippen LogP contribution in [0.5, 0.6) is 5.88 Å². The summed E-state index contributed by atoms with van der Waals surface area (Å²) in [5.74, 6) is -0.0128. The van der Waals surface area contributed by atoms with Crippen molar-refractivity contribution in [2.24, 2.45) is 0 Å². The summed E-state index contributed by atoms with van der Waals surface area (Å²) in [5.41, 5.74) is 5.19. The molecule has 0 saturated carbocycles. The fraction of sp³-hybridized carbons (Fsp3) is 0.444. The zero-order valence-corrected chi connectivity index (χ0v) is 26.9. The number of fused-ring (bicyclic) bond motifs is 2. The SMILES string of the molecule is C=CC(=O)N1CCN(c2c(C#N)c(OC[C@H](O)CN3CCOCC3)nc3c2CCN(c2cccc4cccc(C)c24)C3)C[C@@H]1CC#N. The van der Waals surface area contributed by atoms with Crippen LogP contribution in [0, 0.1) is 29.6 Å². The van der Waals surface area contributed by atoms with Crippen molar-refractivity contribution in [3.05, 3.63) is 71.4 Å². The van der Waals surface area contributed by atoms with Crippen LogP contribution in [0.25, 0.3) is 10.8 Å². The molecule has 0 unspecified atom stereocenters. The van der Waals surface area contributed by atoms with Crippen molar-refractivity contribution in [3.8, 4) is 18.0 Å². The van der Waals surface area contributed by atoms with Crippen molar-refractivity contribution in [2.45, 2.75) is 38.5 Å². The average molecular weight is 636 g/mol. The molecule has 2 saturated heterocycles. The molecular weight excluding hydrogens is 594 g/mol. The highest BCUT2D eigenvalue weighted by molar-refractivity contribution is 5.97. The Morgan fingerprint density at radius 2 is 1.94 bits per heavy atom. The third kappa shape index (κ3) is 6.75. The molecule has 1 aromatic heterocycles. The summed E-state index contributed by atoms with van der Waals surface area (Å²) in [4.78, 5) is 25.9. The van der Waals surface area contributed by atoms with E-state index < -0.39 is 6.10 Å². The Morgan fingerprint density at radius 3 is 2.68 bits per heavy atom. The monoisotopic (exact) mass is 635 g/mol. The Morgan fingerprint density at radius 1 is 1.15 bits per heavy atom. The van der Waals surface area contributed by atoms with E-state index in [2.05, 4.69) is 76.7 Å². The highest BCUT2D eigenvalue weighted by Crippen LogP contribution is 2.40. The number of nitriles is 2. The Bertz CT molecular complexity index is 1720. The molecule has 47 heavy (non-hydrogen) atoms. The second kappa shape index (κ2) is 14.4. The lowest BCUT2D eigenvalue weighted by Crippen LogP contribution is -2.55. The summed E-state index contributed by atoms with van der Waals surface area (Å²) < 4.78 is 11.6. The Kier molecular flexibility index (Phi) is 9.88. The molecule has 1 amide bonds. The predicted octanol–water partition coefficient (Wildman–Crippen LogP) is 3.17. The van der Waals surface area contributed by atoms with Crippen molar-refractivity contribution in [1.29, 1.82) is 10.5 Å². The first-order valence-corrected chi connectivity index (χ1v) is 16.3. The summed E-state index contributed by atoms with van der Waals surface area (Å²) in [6, 6.07) is 16.9. The van der Waals surface area contributed by atoms with Crippen LogP contribution in [0.15, 0.2) is 49.1 Å². The number of amides is 1. The molecule has 1 N–H and O–H groups in total. The lowest BCUT2D eigenvalue weighted by Gasteiger charge is -2.43. The van der Waals surface area contributed by atoms with E-state index in [0.717, 1.165) is 42.3 Å². The second-order valence-corrected chi connectivity index (χ2v) is 12.4. The smallest absolute Gasteiger partial charge is 0.246 e. The lowest BCUT2D eigenvalue weighted by molar-refractivity contribution is -0.128. The minimum Gasteiger partial charge on any atom is -0.474 e. The summed E-state index contributed by atoms with van der Waals surface area (Å²) in [5, 5.41) is 33.4. The van der Waals surface area contributed by atoms with E-state index in [1.165, 1.54) is 22.4 Å². The highest BCUT2D eigenvalue weighted by atomic mass is 16.5. The van der Waals surface area contributed by atoms with E-state index in [0.29, 0.717) is 57.9 Å². The Labute approximate surface area is 275 Å². The lowest BCUT2D eigenvalue weighted by atomic mass is 9.95. The number of morpholine rings is 1. The average Bonchev–Trinajstić information content (AvgIpc) is 3.10. The first-order chi connectivity index (χ1) is 22.9. The minimum atomic E-state index is -0.774. The van der Waals surface area contributed by atoms with Crippen LogP contribution in [0.1, 0.15) is 28.8 Å². The molecule has 3 aliphatic rings. The zero-order chi connectivity index (χ0) is 32.9. The topological polar surface area (TPSA) is 129 Å². The third-order valence-electron chi connectivity index (χ3n) is 9.41. The number of aryl methyl sites for hydroxylation is 1. The van der Waals surface area contributed by atoms with Crippen molar-refractivity contribution < 1.29 is 19.4 Å². The van der Waals surface area contributed by atoms with Crippen LogP contribution >= 0.6 is 0 Å². The molecule has 3 aliphatic heterocycles. The molecule has 2 atom stereocenters. The summed E-state index contributed by atoms with van der Waals surface area (Å²) in [7, 11) is 0. The van der Waals surface area contributed by atoms with Gasteiger partial charge in [-0.3, -0.25) is 9.69 Å². The maximum Gasteiger partial charge on any atom is 0.246 e. The zero-order valence-electron chi connectivity index (χ0n) is 26.9. The number of aliphatic hydroxyl groups excluding tert-OH is 1. The van der Waals surface area contributed by atoms with Crippen molar-refractivity contribution in [2.75, 3.05) is 75.4 Å². The van der Waals surface area contributed by atoms with Gasteiger partial charge in [-0.2, -0.15) is 10.5 Å². The van der Waals surface area contributed by atoms with Crippen molar-refractivity contribution in [3.63, 3.8) is 0 Å². The molecule has 2 aromatic carbocycles. The number of hydrogen-bond acceptors (Lipinski definition) is 10. The normalized spacial score (nSPS) is 19.1. The quantitative estimate of drug-likeness (QED) is 0.350. The number of carbonyl (C=O) groups is 1. The minimum absolute atomic E-state index is 0.0117. The molecule has 0 spiro atoms. The largest absolute Gasteiger partial charge is 0.474 e. The Balaban J connectivity index is 1.36. The molecule has 244 valence electrons. The van der Waals surface area contributed by atoms with Gasteiger partial charge < -0.3 is 29.3 Å². The van der Waals surface area contributed by atoms with Crippen LogP contribution in [0.2, 0.25) is 0 Å². The molecule has 0 radical (unpaired) electrons. The number of aromatic nitrogens is 1. The molecular formula is C36H41N7O4. The number of anilines is 2. The van der Waals surface area contributed by atoms with E-state index in [1.54, 1.807) is 4.90 Å². The number of nitrogens with zero attached hydrogens (tertiary/aromatic N) is 7. The first-order valence-electron chi connectivity index (χ1n) is 16.3. The summed E-state index contributed by atoms with van der Waals surface area (Å²) >= 11 is 0. The van der Waals surface area contributed by atoms with Gasteiger partial charge in [0.2, 0.25) is 11.8 Å². The van der Waals surface area contributed by atoms with Crippen LogP contribution < -0.4 is 14.5 Å². The number of β-amino-alcohol motifs (C(OH)–C–C–N with tert-alkyl or cyclic N) is 1. The van der Waals surface area contributed by atoms with Gasteiger partial charge >= 0.3 is 0 Å². The van der Waals surface area contributed by atoms with Crippen molar-refractivity contribution in [1.82, 2.24) is 14.8 Å². The fourth-order valence-corrected chi connectivity index (χ4v) is 7.12. The predicted molar refractivity (Wildman–Crippen MR) is 179 cm³/mol. The standard InChI is InChI=1S/C36H41N7O4/c1-3-33(45)43-15-14-42(21-27(43)10-12-37)35-29-11-13-41(32-9-5-8-26-7-4-6-25(2)34(26)32)23-31(29)39-36(30(35)20-38)47-24-28(44)22-40-16-18-46-19-17-40/h3-9,27-28,44H,1,10-11,13-19,21-24H2,2H3/t27-,28+/m0/s1. The molecule has 4 heterocycles. The molecule has 11 heteroatoms. The summed E-state index contributed by atoms with van der Waals surface area (Å²) in [6.45, 7) is 11.5. The van der Waals surface area contributed by atoms with Crippen LogP contribution in [0.3, 0.4) is 0 Å². The number of rotatable bonds is 9. The molecule has 0 aliphatic carbocycles. The number of piperazine rings is 1. The molecule has 6 rings (SSSR count). The fourth-order valence-electron chi connectivity index (χ4n) is 7.12. The summed E-state index contributed by atoms with van der Waals surface area (Å²) in [6.07, 6.45) is 1.33. The van der Waals surface area contributed by atoms with Gasteiger partial charge in [0.25, 0.3) is 0 Å². The first kappa shape index (κ1) is 32.3. The van der Waals surface area contributed by atoms with Gasteiger partial charge in [-0.25, -0.2) is 4.98 Å². The number of ether oxygens (including phenoxy) is 2. The number of benzene rings is 2.